The number of ether oxygens (including phenoxy) is 1. The normalized spacial score (nSPS) is 11.6. The van der Waals surface area contributed by atoms with E-state index in [1.807, 2.05) is 23.0 Å². The first-order valence-electron chi connectivity index (χ1n) is 5.79. The Labute approximate surface area is 103 Å². The lowest BCUT2D eigenvalue weighted by Gasteiger charge is -2.21. The summed E-state index contributed by atoms with van der Waals surface area (Å²) in [5.41, 5.74) is 0.724. The minimum Gasteiger partial charge on any atom is -0.383 e. The molecule has 17 heavy (non-hydrogen) atoms. The van der Waals surface area contributed by atoms with Crippen LogP contribution in [0.4, 0.5) is 0 Å². The smallest absolute Gasteiger partial charge is 0.255 e. The average Bonchev–Trinajstić information content (AvgIpc) is 2.73. The zero-order valence-corrected chi connectivity index (χ0v) is 11.4. The quantitative estimate of drug-likeness (QED) is 0.803. The fraction of sp³-hybridized carbons (Fsp3) is 0.615. The summed E-state index contributed by atoms with van der Waals surface area (Å²) in [6, 6.07) is 1.86. The molecule has 0 aliphatic carbocycles. The summed E-state index contributed by atoms with van der Waals surface area (Å²) < 4.78 is 7.00. The number of carbonyl (C=O) groups is 1. The lowest BCUT2D eigenvalue weighted by molar-refractivity contribution is 0.0744. The van der Waals surface area contributed by atoms with E-state index < -0.39 is 0 Å². The van der Waals surface area contributed by atoms with E-state index in [1.54, 1.807) is 19.1 Å². The van der Waals surface area contributed by atoms with E-state index in [2.05, 4.69) is 20.8 Å². The molecule has 0 saturated carbocycles. The van der Waals surface area contributed by atoms with Crippen molar-refractivity contribution in [2.45, 2.75) is 26.3 Å². The molecule has 0 atom stereocenters. The molecule has 4 heteroatoms. The summed E-state index contributed by atoms with van der Waals surface area (Å²) in [7, 11) is 3.42. The Morgan fingerprint density at radius 3 is 2.59 bits per heavy atom. The molecule has 0 bridgehead atoms. The van der Waals surface area contributed by atoms with Crippen molar-refractivity contribution in [2.24, 2.45) is 0 Å². The highest BCUT2D eigenvalue weighted by Gasteiger charge is 2.17. The molecule has 0 aliphatic heterocycles. The minimum absolute atomic E-state index is 0.00360. The van der Waals surface area contributed by atoms with Crippen molar-refractivity contribution in [1.29, 1.82) is 0 Å². The maximum atomic E-state index is 12.0. The number of nitrogens with zero attached hydrogens (tertiary/aromatic N) is 2. The molecule has 0 spiro atoms. The predicted molar refractivity (Wildman–Crippen MR) is 68.3 cm³/mol. The van der Waals surface area contributed by atoms with Crippen LogP contribution in [0, 0.1) is 0 Å². The molecule has 4 nitrogen and oxygen atoms in total. The topological polar surface area (TPSA) is 34.5 Å². The summed E-state index contributed by atoms with van der Waals surface area (Å²) in [6.07, 6.45) is 3.84. The van der Waals surface area contributed by atoms with Gasteiger partial charge in [0.1, 0.15) is 0 Å². The fourth-order valence-corrected chi connectivity index (χ4v) is 1.49. The van der Waals surface area contributed by atoms with Crippen molar-refractivity contribution in [3.8, 4) is 0 Å². The van der Waals surface area contributed by atoms with Gasteiger partial charge in [0.05, 0.1) is 12.2 Å². The first-order valence-corrected chi connectivity index (χ1v) is 5.79. The van der Waals surface area contributed by atoms with Gasteiger partial charge in [-0.15, -0.1) is 0 Å². The van der Waals surface area contributed by atoms with Crippen molar-refractivity contribution in [3.63, 3.8) is 0 Å². The molecule has 1 amide bonds. The van der Waals surface area contributed by atoms with Crippen molar-refractivity contribution >= 4 is 5.91 Å². The number of carbonyl (C=O) groups excluding carboxylic acids is 1. The Balaban J connectivity index is 2.73. The molecule has 1 aromatic rings. The molecular weight excluding hydrogens is 216 g/mol. The number of rotatable bonds is 4. The maximum absolute atomic E-state index is 12.0. The first kappa shape index (κ1) is 13.8. The van der Waals surface area contributed by atoms with Crippen molar-refractivity contribution in [2.75, 3.05) is 27.3 Å². The third kappa shape index (κ3) is 3.60. The van der Waals surface area contributed by atoms with Crippen LogP contribution in [0.25, 0.3) is 0 Å². The lowest BCUT2D eigenvalue weighted by atomic mass is 10.1. The van der Waals surface area contributed by atoms with E-state index in [0.29, 0.717) is 13.2 Å². The maximum Gasteiger partial charge on any atom is 0.255 e. The molecule has 1 aromatic heterocycles. The standard InChI is InChI=1S/C13H22N2O2/c1-13(2,3)15-7-6-11(10-15)12(16)14(4)8-9-17-5/h6-7,10H,8-9H2,1-5H3. The molecule has 0 aliphatic rings. The Morgan fingerprint density at radius 1 is 1.47 bits per heavy atom. The highest BCUT2D eigenvalue weighted by Crippen LogP contribution is 2.16. The molecule has 0 fully saturated rings. The van der Waals surface area contributed by atoms with Crippen molar-refractivity contribution in [1.82, 2.24) is 9.47 Å². The van der Waals surface area contributed by atoms with Crippen LogP contribution < -0.4 is 0 Å². The highest BCUT2D eigenvalue weighted by molar-refractivity contribution is 5.93. The Bertz CT molecular complexity index is 377. The summed E-state index contributed by atoms with van der Waals surface area (Å²) >= 11 is 0. The number of hydrogen-bond donors (Lipinski definition) is 0. The highest BCUT2D eigenvalue weighted by atomic mass is 16.5. The van der Waals surface area contributed by atoms with Gasteiger partial charge in [0.2, 0.25) is 0 Å². The monoisotopic (exact) mass is 238 g/mol. The molecule has 0 N–H and O–H groups in total. The largest absolute Gasteiger partial charge is 0.383 e. The van der Waals surface area contributed by atoms with Crippen molar-refractivity contribution in [3.05, 3.63) is 24.0 Å². The molecule has 0 radical (unpaired) electrons. The molecular formula is C13H22N2O2. The summed E-state index contributed by atoms with van der Waals surface area (Å²) in [5.74, 6) is 0.0325. The molecule has 0 saturated heterocycles. The van der Waals surface area contributed by atoms with Crippen molar-refractivity contribution < 1.29 is 9.53 Å². The average molecular weight is 238 g/mol. The second-order valence-electron chi connectivity index (χ2n) is 5.20. The van der Waals surface area contributed by atoms with E-state index in [1.165, 1.54) is 0 Å². The van der Waals surface area contributed by atoms with Crippen LogP contribution in [0.2, 0.25) is 0 Å². The predicted octanol–water partition coefficient (Wildman–Crippen LogP) is 1.96. The van der Waals surface area contributed by atoms with E-state index in [4.69, 9.17) is 4.74 Å². The van der Waals surface area contributed by atoms with E-state index in [9.17, 15) is 4.79 Å². The summed E-state index contributed by atoms with van der Waals surface area (Å²) in [6.45, 7) is 7.49. The lowest BCUT2D eigenvalue weighted by Crippen LogP contribution is -2.29. The summed E-state index contributed by atoms with van der Waals surface area (Å²) in [5, 5.41) is 0. The number of methoxy groups -OCH3 is 1. The molecule has 1 rings (SSSR count). The number of amides is 1. The van der Waals surface area contributed by atoms with Gasteiger partial charge in [0.15, 0.2) is 0 Å². The van der Waals surface area contributed by atoms with E-state index in [-0.39, 0.29) is 11.4 Å². The Kier molecular flexibility index (Phi) is 4.34. The molecule has 96 valence electrons. The van der Waals surface area contributed by atoms with Gasteiger partial charge in [0, 0.05) is 38.6 Å². The van der Waals surface area contributed by atoms with Crippen LogP contribution >= 0.6 is 0 Å². The van der Waals surface area contributed by atoms with Crippen LogP contribution in [0.1, 0.15) is 31.1 Å². The van der Waals surface area contributed by atoms with E-state index >= 15 is 0 Å². The molecule has 0 unspecified atom stereocenters. The van der Waals surface area contributed by atoms with Crippen LogP contribution in [-0.2, 0) is 10.3 Å². The second kappa shape index (κ2) is 5.36. The molecule has 0 aromatic carbocycles. The Hall–Kier alpha value is -1.29. The van der Waals surface area contributed by atoms with Gasteiger partial charge in [-0.1, -0.05) is 0 Å². The van der Waals surface area contributed by atoms with Crippen LogP contribution in [0.5, 0.6) is 0 Å². The van der Waals surface area contributed by atoms with Gasteiger partial charge < -0.3 is 14.2 Å². The van der Waals surface area contributed by atoms with Gasteiger partial charge in [-0.05, 0) is 26.8 Å². The fourth-order valence-electron chi connectivity index (χ4n) is 1.49. The third-order valence-corrected chi connectivity index (χ3v) is 2.69. The van der Waals surface area contributed by atoms with Crippen LogP contribution in [-0.4, -0.2) is 42.7 Å². The van der Waals surface area contributed by atoms with Gasteiger partial charge in [-0.2, -0.15) is 0 Å². The zero-order chi connectivity index (χ0) is 13.1. The molecule has 1 heterocycles. The first-order chi connectivity index (χ1) is 7.86. The number of aromatic nitrogens is 1. The minimum atomic E-state index is 0.00360. The second-order valence-corrected chi connectivity index (χ2v) is 5.20. The van der Waals surface area contributed by atoms with Crippen LogP contribution in [0.3, 0.4) is 0 Å². The number of likely N-dealkylation sites (N-methyl/N-ethyl adjacent to an activating group) is 1. The van der Waals surface area contributed by atoms with Gasteiger partial charge in [0.25, 0.3) is 5.91 Å². The van der Waals surface area contributed by atoms with Crippen LogP contribution in [0.15, 0.2) is 18.5 Å². The third-order valence-electron chi connectivity index (χ3n) is 2.69. The summed E-state index contributed by atoms with van der Waals surface area (Å²) in [4.78, 5) is 13.7. The van der Waals surface area contributed by atoms with Gasteiger partial charge in [-0.3, -0.25) is 4.79 Å². The SMILES string of the molecule is COCCN(C)C(=O)c1ccn(C(C)(C)C)c1. The van der Waals surface area contributed by atoms with Gasteiger partial charge in [-0.25, -0.2) is 0 Å². The van der Waals surface area contributed by atoms with E-state index in [0.717, 1.165) is 5.56 Å². The zero-order valence-electron chi connectivity index (χ0n) is 11.4. The van der Waals surface area contributed by atoms with Gasteiger partial charge >= 0.3 is 0 Å². The Morgan fingerprint density at radius 2 is 2.12 bits per heavy atom. The number of hydrogen-bond acceptors (Lipinski definition) is 2.